The van der Waals surface area contributed by atoms with Gasteiger partial charge in [-0.3, -0.25) is 0 Å². The molecule has 0 aliphatic heterocycles. The van der Waals surface area contributed by atoms with Crippen molar-refractivity contribution in [1.29, 1.82) is 0 Å². The highest BCUT2D eigenvalue weighted by atomic mass is 32.2. The third-order valence-electron chi connectivity index (χ3n) is 4.81. The van der Waals surface area contributed by atoms with E-state index in [1.165, 1.54) is 24.3 Å². The van der Waals surface area contributed by atoms with E-state index in [4.69, 9.17) is 9.88 Å². The van der Waals surface area contributed by atoms with Gasteiger partial charge in [-0.1, -0.05) is 25.5 Å². The van der Waals surface area contributed by atoms with Gasteiger partial charge in [-0.15, -0.1) is 0 Å². The SMILES string of the molecule is CCCCOc1nc(-c2ccc(F)cc2)c(-c2ccc(S(N)(=O)=O)cc2)cc1C(C)O. The van der Waals surface area contributed by atoms with Crippen molar-refractivity contribution in [2.24, 2.45) is 5.14 Å². The van der Waals surface area contributed by atoms with E-state index in [2.05, 4.69) is 4.98 Å². The summed E-state index contributed by atoms with van der Waals surface area (Å²) in [5, 5.41) is 15.5. The molecule has 3 N–H and O–H groups in total. The highest BCUT2D eigenvalue weighted by Crippen LogP contribution is 2.37. The molecular formula is C23H25FN2O4S. The largest absolute Gasteiger partial charge is 0.477 e. The summed E-state index contributed by atoms with van der Waals surface area (Å²) in [4.78, 5) is 4.65. The second-order valence-electron chi connectivity index (χ2n) is 7.23. The average molecular weight is 445 g/mol. The monoisotopic (exact) mass is 444 g/mol. The number of aliphatic hydroxyl groups is 1. The Balaban J connectivity index is 2.19. The number of nitrogens with two attached hydrogens (primary N) is 1. The molecule has 0 aliphatic carbocycles. The first kappa shape index (κ1) is 22.9. The number of unbranched alkanes of at least 4 members (excludes halogenated alkanes) is 1. The molecule has 2 aromatic carbocycles. The number of primary sulfonamides is 1. The second-order valence-corrected chi connectivity index (χ2v) is 8.79. The number of benzene rings is 2. The van der Waals surface area contributed by atoms with E-state index >= 15 is 0 Å². The van der Waals surface area contributed by atoms with Gasteiger partial charge in [0.25, 0.3) is 0 Å². The molecule has 31 heavy (non-hydrogen) atoms. The van der Waals surface area contributed by atoms with Gasteiger partial charge >= 0.3 is 0 Å². The third-order valence-corrected chi connectivity index (χ3v) is 5.74. The van der Waals surface area contributed by atoms with Crippen LogP contribution in [-0.4, -0.2) is 25.1 Å². The summed E-state index contributed by atoms with van der Waals surface area (Å²) in [6.45, 7) is 4.12. The van der Waals surface area contributed by atoms with Crippen LogP contribution in [0.4, 0.5) is 4.39 Å². The molecule has 3 rings (SSSR count). The molecule has 0 saturated carbocycles. The third kappa shape index (κ3) is 5.46. The number of nitrogens with zero attached hydrogens (tertiary/aromatic N) is 1. The van der Waals surface area contributed by atoms with E-state index in [0.717, 1.165) is 12.8 Å². The van der Waals surface area contributed by atoms with E-state index in [1.54, 1.807) is 37.3 Å². The van der Waals surface area contributed by atoms with Crippen molar-refractivity contribution in [1.82, 2.24) is 4.98 Å². The lowest BCUT2D eigenvalue weighted by molar-refractivity contribution is 0.189. The summed E-state index contributed by atoms with van der Waals surface area (Å²) in [5.74, 6) is -0.0597. The van der Waals surface area contributed by atoms with Gasteiger partial charge in [0.15, 0.2) is 0 Å². The molecule has 1 aromatic heterocycles. The van der Waals surface area contributed by atoms with Gasteiger partial charge in [0, 0.05) is 16.7 Å². The molecule has 0 spiro atoms. The van der Waals surface area contributed by atoms with Gasteiger partial charge in [-0.2, -0.15) is 0 Å². The predicted molar refractivity (Wildman–Crippen MR) is 117 cm³/mol. The Morgan fingerprint density at radius 1 is 1.10 bits per heavy atom. The first-order valence-electron chi connectivity index (χ1n) is 9.95. The summed E-state index contributed by atoms with van der Waals surface area (Å²) < 4.78 is 42.5. The average Bonchev–Trinajstić information content (AvgIpc) is 2.73. The number of aliphatic hydroxyl groups excluding tert-OH is 1. The molecule has 0 aliphatic rings. The lowest BCUT2D eigenvalue weighted by Crippen LogP contribution is -2.11. The van der Waals surface area contributed by atoms with Crippen molar-refractivity contribution in [3.05, 3.63) is 66.0 Å². The molecule has 1 unspecified atom stereocenters. The molecule has 0 amide bonds. The lowest BCUT2D eigenvalue weighted by atomic mass is 9.96. The van der Waals surface area contributed by atoms with Crippen LogP contribution in [0.15, 0.2) is 59.5 Å². The quantitative estimate of drug-likeness (QED) is 0.500. The number of ether oxygens (including phenoxy) is 1. The van der Waals surface area contributed by atoms with Crippen LogP contribution in [0.25, 0.3) is 22.4 Å². The lowest BCUT2D eigenvalue weighted by Gasteiger charge is -2.18. The molecule has 8 heteroatoms. The highest BCUT2D eigenvalue weighted by molar-refractivity contribution is 7.89. The fourth-order valence-electron chi connectivity index (χ4n) is 3.11. The first-order valence-corrected chi connectivity index (χ1v) is 11.5. The molecule has 0 saturated heterocycles. The Bertz CT molecular complexity index is 1150. The van der Waals surface area contributed by atoms with Gasteiger partial charge in [0.2, 0.25) is 15.9 Å². The zero-order valence-electron chi connectivity index (χ0n) is 17.4. The van der Waals surface area contributed by atoms with E-state index < -0.39 is 16.1 Å². The van der Waals surface area contributed by atoms with Crippen molar-refractivity contribution in [3.8, 4) is 28.3 Å². The molecule has 3 aromatic rings. The zero-order chi connectivity index (χ0) is 22.6. The van der Waals surface area contributed by atoms with Crippen molar-refractivity contribution in [3.63, 3.8) is 0 Å². The van der Waals surface area contributed by atoms with Crippen LogP contribution in [-0.2, 0) is 10.0 Å². The van der Waals surface area contributed by atoms with Crippen LogP contribution in [0.1, 0.15) is 38.4 Å². The first-order chi connectivity index (χ1) is 14.7. The maximum atomic E-state index is 13.5. The summed E-state index contributed by atoms with van der Waals surface area (Å²) in [5.41, 5.74) is 3.00. The molecular weight excluding hydrogens is 419 g/mol. The van der Waals surface area contributed by atoms with Crippen molar-refractivity contribution in [2.75, 3.05) is 6.61 Å². The van der Waals surface area contributed by atoms with Crippen LogP contribution in [0.3, 0.4) is 0 Å². The van der Waals surface area contributed by atoms with Gasteiger partial charge in [0.05, 0.1) is 23.3 Å². The summed E-state index contributed by atoms with van der Waals surface area (Å²) in [7, 11) is -3.83. The topological polar surface area (TPSA) is 103 Å². The summed E-state index contributed by atoms with van der Waals surface area (Å²) in [6.07, 6.45) is 0.946. The van der Waals surface area contributed by atoms with E-state index in [1.807, 2.05) is 6.92 Å². The highest BCUT2D eigenvalue weighted by Gasteiger charge is 2.19. The van der Waals surface area contributed by atoms with Crippen LogP contribution >= 0.6 is 0 Å². The summed E-state index contributed by atoms with van der Waals surface area (Å²) in [6, 6.07) is 13.7. The minimum Gasteiger partial charge on any atom is -0.477 e. The van der Waals surface area contributed by atoms with Crippen molar-refractivity contribution in [2.45, 2.75) is 37.7 Å². The number of rotatable bonds is 8. The standard InChI is InChI=1S/C23H25FN2O4S/c1-3-4-13-30-23-20(15(2)27)14-21(16-7-11-19(12-8-16)31(25,28)29)22(26-23)17-5-9-18(24)10-6-17/h5-12,14-15,27H,3-4,13H2,1-2H3,(H2,25,28,29). The van der Waals surface area contributed by atoms with Gasteiger partial charge < -0.3 is 9.84 Å². The minimum atomic E-state index is -3.83. The fourth-order valence-corrected chi connectivity index (χ4v) is 3.63. The second kappa shape index (κ2) is 9.55. The normalized spacial score (nSPS) is 12.5. The summed E-state index contributed by atoms with van der Waals surface area (Å²) >= 11 is 0. The Hall–Kier alpha value is -2.81. The van der Waals surface area contributed by atoms with Gasteiger partial charge in [-0.25, -0.2) is 22.9 Å². The maximum absolute atomic E-state index is 13.5. The van der Waals surface area contributed by atoms with Crippen LogP contribution in [0, 0.1) is 5.82 Å². The molecule has 0 bridgehead atoms. The molecule has 1 atom stereocenters. The van der Waals surface area contributed by atoms with Gasteiger partial charge in [0.1, 0.15) is 5.82 Å². The van der Waals surface area contributed by atoms with Crippen molar-refractivity contribution < 1.29 is 22.7 Å². The Kier molecular flexibility index (Phi) is 7.04. The predicted octanol–water partition coefficient (Wildman–Crippen LogP) is 4.43. The van der Waals surface area contributed by atoms with Crippen LogP contribution < -0.4 is 9.88 Å². The van der Waals surface area contributed by atoms with E-state index in [9.17, 15) is 17.9 Å². The number of halogens is 1. The van der Waals surface area contributed by atoms with Crippen LogP contribution in [0.5, 0.6) is 5.88 Å². The maximum Gasteiger partial charge on any atom is 0.238 e. The Morgan fingerprint density at radius 2 is 1.71 bits per heavy atom. The number of pyridine rings is 1. The smallest absolute Gasteiger partial charge is 0.238 e. The van der Waals surface area contributed by atoms with Crippen molar-refractivity contribution >= 4 is 10.0 Å². The Morgan fingerprint density at radius 3 is 2.26 bits per heavy atom. The van der Waals surface area contributed by atoms with E-state index in [0.29, 0.717) is 40.4 Å². The number of hydrogen-bond acceptors (Lipinski definition) is 5. The number of hydrogen-bond donors (Lipinski definition) is 2. The van der Waals surface area contributed by atoms with E-state index in [-0.39, 0.29) is 10.7 Å². The molecule has 6 nitrogen and oxygen atoms in total. The fraction of sp³-hybridized carbons (Fsp3) is 0.261. The minimum absolute atomic E-state index is 0.0113. The number of aromatic nitrogens is 1. The van der Waals surface area contributed by atoms with Gasteiger partial charge in [-0.05, 0) is 61.4 Å². The molecule has 0 radical (unpaired) electrons. The molecule has 164 valence electrons. The zero-order valence-corrected chi connectivity index (χ0v) is 18.2. The van der Waals surface area contributed by atoms with Crippen LogP contribution in [0.2, 0.25) is 0 Å². The molecule has 1 heterocycles. The Labute approximate surface area is 181 Å². The molecule has 0 fully saturated rings. The number of sulfonamides is 1.